The summed E-state index contributed by atoms with van der Waals surface area (Å²) in [6.07, 6.45) is 8.25. The van der Waals surface area contributed by atoms with Crippen LogP contribution in [-0.4, -0.2) is 41.4 Å². The minimum Gasteiger partial charge on any atom is -0.508 e. The Hall–Kier alpha value is -3.18. The molecule has 4 N–H and O–H groups in total. The number of aryl methyl sites for hydroxylation is 2. The molecule has 3 aromatic rings. The minimum absolute atomic E-state index is 0.206. The van der Waals surface area contributed by atoms with Crippen molar-refractivity contribution >= 4 is 5.69 Å². The van der Waals surface area contributed by atoms with Crippen LogP contribution >= 0.6 is 0 Å². The SMILES string of the molecule is Nc1c(-c2c(O)ccc3c2CCCC3)ccc(O)c1CCc1ccc(OCCN2CCCC2)cc1. The van der Waals surface area contributed by atoms with E-state index in [2.05, 4.69) is 17.0 Å². The molecule has 0 bridgehead atoms. The molecule has 1 saturated heterocycles. The Balaban J connectivity index is 1.28. The molecular formula is C30H36N2O3. The summed E-state index contributed by atoms with van der Waals surface area (Å²) >= 11 is 0. The summed E-state index contributed by atoms with van der Waals surface area (Å²) in [5.41, 5.74) is 13.2. The topological polar surface area (TPSA) is 79.0 Å². The lowest BCUT2D eigenvalue weighted by Crippen LogP contribution is -2.25. The molecule has 5 heteroatoms. The molecule has 1 heterocycles. The average molecular weight is 473 g/mol. The Morgan fingerprint density at radius 1 is 0.800 bits per heavy atom. The highest BCUT2D eigenvalue weighted by molar-refractivity contribution is 5.86. The van der Waals surface area contributed by atoms with Crippen molar-refractivity contribution in [2.45, 2.75) is 51.4 Å². The average Bonchev–Trinajstić information content (AvgIpc) is 3.39. The number of fused-ring (bicyclic) bond motifs is 1. The second-order valence-electron chi connectivity index (χ2n) is 9.87. The molecule has 0 spiro atoms. The first kappa shape index (κ1) is 23.6. The number of likely N-dealkylation sites (tertiary alicyclic amines) is 1. The standard InChI is InChI=1S/C30H36N2O3/c31-30-25(13-9-21-7-11-23(12-8-21)35-20-19-32-17-3-4-18-32)27(33)16-14-26(30)29-24-6-2-1-5-22(24)10-15-28(29)34/h7-8,10-12,14-16,33-34H,1-6,9,13,17-20,31H2. The molecule has 2 aliphatic rings. The van der Waals surface area contributed by atoms with E-state index in [-0.39, 0.29) is 11.5 Å². The van der Waals surface area contributed by atoms with Crippen molar-refractivity contribution in [3.63, 3.8) is 0 Å². The lowest BCUT2D eigenvalue weighted by atomic mass is 9.84. The third-order valence-electron chi connectivity index (χ3n) is 7.57. The molecule has 5 nitrogen and oxygen atoms in total. The number of phenols is 2. The molecule has 3 aromatic carbocycles. The van der Waals surface area contributed by atoms with Crippen molar-refractivity contribution in [1.82, 2.24) is 4.90 Å². The summed E-state index contributed by atoms with van der Waals surface area (Å²) < 4.78 is 5.92. The third-order valence-corrected chi connectivity index (χ3v) is 7.57. The van der Waals surface area contributed by atoms with Crippen LogP contribution in [0.3, 0.4) is 0 Å². The van der Waals surface area contributed by atoms with Crippen LogP contribution in [0, 0.1) is 0 Å². The lowest BCUT2D eigenvalue weighted by Gasteiger charge is -2.22. The van der Waals surface area contributed by atoms with Gasteiger partial charge in [-0.25, -0.2) is 0 Å². The number of benzene rings is 3. The van der Waals surface area contributed by atoms with Crippen LogP contribution in [0.5, 0.6) is 17.2 Å². The van der Waals surface area contributed by atoms with Crippen LogP contribution in [0.2, 0.25) is 0 Å². The first-order chi connectivity index (χ1) is 17.1. The highest BCUT2D eigenvalue weighted by Crippen LogP contribution is 2.43. The summed E-state index contributed by atoms with van der Waals surface area (Å²) in [5, 5.41) is 21.3. The van der Waals surface area contributed by atoms with Gasteiger partial charge in [0.1, 0.15) is 23.9 Å². The molecule has 5 rings (SSSR count). The smallest absolute Gasteiger partial charge is 0.123 e. The largest absolute Gasteiger partial charge is 0.508 e. The van der Waals surface area contributed by atoms with Gasteiger partial charge in [-0.3, -0.25) is 4.90 Å². The van der Waals surface area contributed by atoms with E-state index in [0.29, 0.717) is 18.7 Å². The Morgan fingerprint density at radius 3 is 2.34 bits per heavy atom. The maximum absolute atomic E-state index is 10.7. The van der Waals surface area contributed by atoms with Crippen LogP contribution in [0.1, 0.15) is 47.9 Å². The van der Waals surface area contributed by atoms with E-state index in [1.807, 2.05) is 24.3 Å². The van der Waals surface area contributed by atoms with Gasteiger partial charge in [0.15, 0.2) is 0 Å². The fraction of sp³-hybridized carbons (Fsp3) is 0.400. The minimum atomic E-state index is 0.206. The monoisotopic (exact) mass is 472 g/mol. The maximum atomic E-state index is 10.7. The van der Waals surface area contributed by atoms with Gasteiger partial charge in [0.2, 0.25) is 0 Å². The number of anilines is 1. The fourth-order valence-electron chi connectivity index (χ4n) is 5.57. The molecule has 1 aliphatic heterocycles. The fourth-order valence-corrected chi connectivity index (χ4v) is 5.57. The molecule has 1 aliphatic carbocycles. The van der Waals surface area contributed by atoms with Gasteiger partial charge >= 0.3 is 0 Å². The maximum Gasteiger partial charge on any atom is 0.123 e. The summed E-state index contributed by atoms with van der Waals surface area (Å²) in [6.45, 7) is 4.07. The third kappa shape index (κ3) is 5.25. The predicted octanol–water partition coefficient (Wildman–Crippen LogP) is 5.49. The van der Waals surface area contributed by atoms with Gasteiger partial charge in [0.25, 0.3) is 0 Å². The Bertz CT molecular complexity index is 1170. The molecule has 0 aromatic heterocycles. The number of nitrogen functional groups attached to an aromatic ring is 1. The van der Waals surface area contributed by atoms with Crippen LogP contribution in [-0.2, 0) is 25.7 Å². The van der Waals surface area contributed by atoms with Gasteiger partial charge < -0.3 is 20.7 Å². The van der Waals surface area contributed by atoms with Gasteiger partial charge in [0, 0.05) is 28.9 Å². The number of nitrogens with zero attached hydrogens (tertiary/aromatic N) is 1. The Kier molecular flexibility index (Phi) is 7.14. The number of hydrogen-bond acceptors (Lipinski definition) is 5. The first-order valence-corrected chi connectivity index (χ1v) is 13.0. The normalized spacial score (nSPS) is 15.8. The molecule has 35 heavy (non-hydrogen) atoms. The van der Waals surface area contributed by atoms with Crippen LogP contribution in [0.15, 0.2) is 48.5 Å². The summed E-state index contributed by atoms with van der Waals surface area (Å²) in [6, 6.07) is 15.6. The van der Waals surface area contributed by atoms with Crippen LogP contribution < -0.4 is 10.5 Å². The molecule has 184 valence electrons. The van der Waals surface area contributed by atoms with Crippen molar-refractivity contribution in [3.8, 4) is 28.4 Å². The molecule has 0 unspecified atom stereocenters. The van der Waals surface area contributed by atoms with Gasteiger partial charge in [-0.05, 0) is 111 Å². The molecule has 0 radical (unpaired) electrons. The zero-order valence-electron chi connectivity index (χ0n) is 20.4. The zero-order valence-corrected chi connectivity index (χ0v) is 20.4. The van der Waals surface area contributed by atoms with Crippen LogP contribution in [0.25, 0.3) is 11.1 Å². The van der Waals surface area contributed by atoms with Crippen molar-refractivity contribution in [2.75, 3.05) is 32.0 Å². The second kappa shape index (κ2) is 10.6. The molecule has 0 saturated carbocycles. The highest BCUT2D eigenvalue weighted by Gasteiger charge is 2.21. The Labute approximate surface area is 208 Å². The predicted molar refractivity (Wildman–Crippen MR) is 141 cm³/mol. The van der Waals surface area contributed by atoms with E-state index < -0.39 is 0 Å². The lowest BCUT2D eigenvalue weighted by molar-refractivity contribution is 0.238. The van der Waals surface area contributed by atoms with Gasteiger partial charge in [0.05, 0.1) is 0 Å². The van der Waals surface area contributed by atoms with E-state index in [0.717, 1.165) is 54.7 Å². The highest BCUT2D eigenvalue weighted by atomic mass is 16.5. The van der Waals surface area contributed by atoms with E-state index in [4.69, 9.17) is 10.5 Å². The second-order valence-corrected chi connectivity index (χ2v) is 9.87. The summed E-state index contributed by atoms with van der Waals surface area (Å²) in [7, 11) is 0. The van der Waals surface area contributed by atoms with Gasteiger partial charge in [-0.15, -0.1) is 0 Å². The van der Waals surface area contributed by atoms with E-state index in [9.17, 15) is 10.2 Å². The molecule has 1 fully saturated rings. The number of aromatic hydroxyl groups is 2. The quantitative estimate of drug-likeness (QED) is 0.378. The summed E-state index contributed by atoms with van der Waals surface area (Å²) in [4.78, 5) is 2.45. The Morgan fingerprint density at radius 2 is 1.54 bits per heavy atom. The van der Waals surface area contributed by atoms with E-state index >= 15 is 0 Å². The van der Waals surface area contributed by atoms with Crippen LogP contribution in [0.4, 0.5) is 5.69 Å². The molecular weight excluding hydrogens is 436 g/mol. The van der Waals surface area contributed by atoms with Gasteiger partial charge in [-0.2, -0.15) is 0 Å². The van der Waals surface area contributed by atoms with Crippen molar-refractivity contribution < 1.29 is 14.9 Å². The molecule has 0 atom stereocenters. The number of ether oxygens (including phenoxy) is 1. The van der Waals surface area contributed by atoms with Crippen molar-refractivity contribution in [1.29, 1.82) is 0 Å². The van der Waals surface area contributed by atoms with Gasteiger partial charge in [-0.1, -0.05) is 18.2 Å². The van der Waals surface area contributed by atoms with Crippen molar-refractivity contribution in [3.05, 3.63) is 70.8 Å². The zero-order chi connectivity index (χ0) is 24.2. The number of rotatable bonds is 8. The van der Waals surface area contributed by atoms with E-state index in [1.165, 1.54) is 49.0 Å². The van der Waals surface area contributed by atoms with E-state index in [1.54, 1.807) is 12.1 Å². The number of phenolic OH excluding ortho intramolecular Hbond substituents is 2. The summed E-state index contributed by atoms with van der Waals surface area (Å²) in [5.74, 6) is 1.35. The number of nitrogens with two attached hydrogens (primary N) is 1. The first-order valence-electron chi connectivity index (χ1n) is 13.0. The molecule has 0 amide bonds. The van der Waals surface area contributed by atoms with Crippen molar-refractivity contribution in [2.24, 2.45) is 0 Å². The number of hydrogen-bond donors (Lipinski definition) is 3.